The summed E-state index contributed by atoms with van der Waals surface area (Å²) in [7, 11) is 2.08. The summed E-state index contributed by atoms with van der Waals surface area (Å²) in [6.07, 6.45) is 1.03. The first kappa shape index (κ1) is 13.6. The molecule has 2 rings (SSSR count). The lowest BCUT2D eigenvalue weighted by Crippen LogP contribution is -2.31. The van der Waals surface area contributed by atoms with Gasteiger partial charge in [-0.05, 0) is 38.2 Å². The Morgan fingerprint density at radius 3 is 2.84 bits per heavy atom. The van der Waals surface area contributed by atoms with Gasteiger partial charge in [0.15, 0.2) is 5.84 Å². The number of likely N-dealkylation sites (N-methyl/N-ethyl adjacent to an activating group) is 1. The Kier molecular flexibility index (Phi) is 4.21. The van der Waals surface area contributed by atoms with Crippen molar-refractivity contribution in [3.05, 3.63) is 29.6 Å². The van der Waals surface area contributed by atoms with Crippen LogP contribution in [0.5, 0.6) is 0 Å². The number of nitrogens with zero attached hydrogens (tertiary/aromatic N) is 3. The van der Waals surface area contributed by atoms with Gasteiger partial charge in [-0.1, -0.05) is 5.16 Å². The van der Waals surface area contributed by atoms with Crippen LogP contribution < -0.4 is 10.6 Å². The number of amidine groups is 1. The fourth-order valence-electron chi connectivity index (χ4n) is 2.33. The average molecular weight is 266 g/mol. The zero-order valence-electron chi connectivity index (χ0n) is 11.0. The maximum atomic E-state index is 13.3. The van der Waals surface area contributed by atoms with Crippen molar-refractivity contribution < 1.29 is 9.60 Å². The molecule has 1 aromatic rings. The maximum Gasteiger partial charge on any atom is 0.172 e. The first-order chi connectivity index (χ1) is 9.11. The summed E-state index contributed by atoms with van der Waals surface area (Å²) in [6.45, 7) is 3.69. The smallest absolute Gasteiger partial charge is 0.172 e. The zero-order valence-corrected chi connectivity index (χ0v) is 11.0. The SMILES string of the molecule is CN1CCCN(c2ccc(F)cc2/C(N)=N/O)CC1. The van der Waals surface area contributed by atoms with Crippen LogP contribution in [0.3, 0.4) is 0 Å². The molecule has 0 aliphatic carbocycles. The van der Waals surface area contributed by atoms with Crippen molar-refractivity contribution in [1.82, 2.24) is 4.90 Å². The summed E-state index contributed by atoms with van der Waals surface area (Å²) in [6, 6.07) is 4.39. The minimum absolute atomic E-state index is 0.0629. The number of rotatable bonds is 2. The van der Waals surface area contributed by atoms with Crippen LogP contribution in [0, 0.1) is 5.82 Å². The van der Waals surface area contributed by atoms with E-state index in [9.17, 15) is 4.39 Å². The molecule has 1 heterocycles. The van der Waals surface area contributed by atoms with Gasteiger partial charge in [0.25, 0.3) is 0 Å². The molecule has 0 saturated carbocycles. The van der Waals surface area contributed by atoms with Gasteiger partial charge in [-0.25, -0.2) is 4.39 Å². The van der Waals surface area contributed by atoms with Crippen LogP contribution in [0.2, 0.25) is 0 Å². The summed E-state index contributed by atoms with van der Waals surface area (Å²) >= 11 is 0. The largest absolute Gasteiger partial charge is 0.409 e. The Balaban J connectivity index is 2.33. The summed E-state index contributed by atoms with van der Waals surface area (Å²) in [5.74, 6) is -0.454. The minimum atomic E-state index is -0.391. The van der Waals surface area contributed by atoms with Crippen molar-refractivity contribution in [3.63, 3.8) is 0 Å². The molecule has 5 nitrogen and oxygen atoms in total. The lowest BCUT2D eigenvalue weighted by molar-refractivity contribution is 0.318. The van der Waals surface area contributed by atoms with E-state index in [-0.39, 0.29) is 5.84 Å². The standard InChI is InChI=1S/C13H19FN4O/c1-17-5-2-6-18(8-7-17)12-4-3-10(14)9-11(12)13(15)16-19/h3-4,9,19H,2,5-8H2,1H3,(H2,15,16). The van der Waals surface area contributed by atoms with Crippen LogP contribution in [-0.4, -0.2) is 49.2 Å². The molecule has 1 aliphatic rings. The Labute approximate surface area is 112 Å². The minimum Gasteiger partial charge on any atom is -0.409 e. The molecular formula is C13H19FN4O. The molecule has 0 aromatic heterocycles. The van der Waals surface area contributed by atoms with E-state index in [1.807, 2.05) is 0 Å². The van der Waals surface area contributed by atoms with Gasteiger partial charge in [0, 0.05) is 30.9 Å². The van der Waals surface area contributed by atoms with Crippen molar-refractivity contribution in [2.45, 2.75) is 6.42 Å². The third-order valence-corrected chi connectivity index (χ3v) is 3.40. The van der Waals surface area contributed by atoms with Crippen molar-refractivity contribution in [2.24, 2.45) is 10.9 Å². The predicted molar refractivity (Wildman–Crippen MR) is 73.2 cm³/mol. The first-order valence-electron chi connectivity index (χ1n) is 6.33. The van der Waals surface area contributed by atoms with Crippen LogP contribution >= 0.6 is 0 Å². The number of benzene rings is 1. The molecule has 104 valence electrons. The van der Waals surface area contributed by atoms with E-state index in [1.165, 1.54) is 12.1 Å². The van der Waals surface area contributed by atoms with E-state index in [1.54, 1.807) is 6.07 Å². The molecule has 3 N–H and O–H groups in total. The average Bonchev–Trinajstić information content (AvgIpc) is 2.62. The van der Waals surface area contributed by atoms with Crippen LogP contribution in [0.15, 0.2) is 23.4 Å². The molecule has 0 atom stereocenters. The molecule has 0 unspecified atom stereocenters. The van der Waals surface area contributed by atoms with E-state index in [0.717, 1.165) is 38.3 Å². The highest BCUT2D eigenvalue weighted by molar-refractivity contribution is 6.02. The number of halogens is 1. The second-order valence-corrected chi connectivity index (χ2v) is 4.79. The number of hydrogen-bond donors (Lipinski definition) is 2. The van der Waals surface area contributed by atoms with Crippen LogP contribution in [0.4, 0.5) is 10.1 Å². The van der Waals surface area contributed by atoms with Gasteiger partial charge >= 0.3 is 0 Å². The number of oxime groups is 1. The first-order valence-corrected chi connectivity index (χ1v) is 6.33. The van der Waals surface area contributed by atoms with E-state index in [0.29, 0.717) is 5.56 Å². The topological polar surface area (TPSA) is 65.1 Å². The zero-order chi connectivity index (χ0) is 13.8. The van der Waals surface area contributed by atoms with Crippen LogP contribution in [-0.2, 0) is 0 Å². The van der Waals surface area contributed by atoms with E-state index in [4.69, 9.17) is 10.9 Å². The number of anilines is 1. The summed E-state index contributed by atoms with van der Waals surface area (Å²) in [5, 5.41) is 11.8. The summed E-state index contributed by atoms with van der Waals surface area (Å²) in [4.78, 5) is 4.41. The molecule has 6 heteroatoms. The molecule has 0 amide bonds. The molecule has 1 fully saturated rings. The van der Waals surface area contributed by atoms with E-state index < -0.39 is 5.82 Å². The second-order valence-electron chi connectivity index (χ2n) is 4.79. The Hall–Kier alpha value is -1.82. The molecule has 1 saturated heterocycles. The Morgan fingerprint density at radius 1 is 1.32 bits per heavy atom. The lowest BCUT2D eigenvalue weighted by Gasteiger charge is -2.25. The maximum absolute atomic E-state index is 13.3. The Bertz CT molecular complexity index is 478. The molecule has 0 spiro atoms. The third kappa shape index (κ3) is 3.14. The van der Waals surface area contributed by atoms with Crippen molar-refractivity contribution >= 4 is 11.5 Å². The molecule has 0 radical (unpaired) electrons. The van der Waals surface area contributed by atoms with E-state index in [2.05, 4.69) is 22.0 Å². The van der Waals surface area contributed by atoms with Crippen molar-refractivity contribution in [2.75, 3.05) is 38.1 Å². The monoisotopic (exact) mass is 266 g/mol. The van der Waals surface area contributed by atoms with Gasteiger partial charge < -0.3 is 20.7 Å². The quantitative estimate of drug-likeness (QED) is 0.364. The highest BCUT2D eigenvalue weighted by Crippen LogP contribution is 2.23. The van der Waals surface area contributed by atoms with Gasteiger partial charge in [-0.2, -0.15) is 0 Å². The highest BCUT2D eigenvalue weighted by atomic mass is 19.1. The second kappa shape index (κ2) is 5.88. The van der Waals surface area contributed by atoms with E-state index >= 15 is 0 Å². The number of nitrogens with two attached hydrogens (primary N) is 1. The van der Waals surface area contributed by atoms with Gasteiger partial charge in [-0.15, -0.1) is 0 Å². The fraction of sp³-hybridized carbons (Fsp3) is 0.462. The highest BCUT2D eigenvalue weighted by Gasteiger charge is 2.17. The van der Waals surface area contributed by atoms with Gasteiger partial charge in [-0.3, -0.25) is 0 Å². The lowest BCUT2D eigenvalue weighted by atomic mass is 10.1. The van der Waals surface area contributed by atoms with Crippen LogP contribution in [0.1, 0.15) is 12.0 Å². The normalized spacial score (nSPS) is 18.4. The van der Waals surface area contributed by atoms with Gasteiger partial charge in [0.05, 0.1) is 0 Å². The Morgan fingerprint density at radius 2 is 2.11 bits per heavy atom. The third-order valence-electron chi connectivity index (χ3n) is 3.40. The number of hydrogen-bond acceptors (Lipinski definition) is 4. The molecule has 1 aliphatic heterocycles. The molecule has 19 heavy (non-hydrogen) atoms. The van der Waals surface area contributed by atoms with Crippen molar-refractivity contribution in [3.8, 4) is 0 Å². The fourth-order valence-corrected chi connectivity index (χ4v) is 2.33. The molecular weight excluding hydrogens is 247 g/mol. The van der Waals surface area contributed by atoms with Gasteiger partial charge in [0.2, 0.25) is 0 Å². The molecule has 0 bridgehead atoms. The van der Waals surface area contributed by atoms with Gasteiger partial charge in [0.1, 0.15) is 5.82 Å². The van der Waals surface area contributed by atoms with Crippen molar-refractivity contribution in [1.29, 1.82) is 0 Å². The summed E-state index contributed by atoms with van der Waals surface area (Å²) in [5.41, 5.74) is 6.88. The van der Waals surface area contributed by atoms with Crippen LogP contribution in [0.25, 0.3) is 0 Å². The summed E-state index contributed by atoms with van der Waals surface area (Å²) < 4.78 is 13.3. The molecule has 1 aromatic carbocycles. The predicted octanol–water partition coefficient (Wildman–Crippen LogP) is 1.06.